The summed E-state index contributed by atoms with van der Waals surface area (Å²) < 4.78 is 0. The standard InChI is InChI=1S/C17H24ClN3O/c1-14(18)10-19-17(22)20(2)11-16-8-9-21(13-16)12-15-6-4-3-5-7-15/h3-7,16H,1,8-13H2,2H3,(H,19,22)/t16-/m0/s1. The number of urea groups is 1. The minimum atomic E-state index is -0.0942. The first-order valence-electron chi connectivity index (χ1n) is 7.63. The molecule has 4 nitrogen and oxygen atoms in total. The van der Waals surface area contributed by atoms with Crippen molar-refractivity contribution in [1.82, 2.24) is 15.1 Å². The zero-order valence-corrected chi connectivity index (χ0v) is 13.9. The molecule has 1 atom stereocenters. The molecule has 1 aliphatic rings. The zero-order chi connectivity index (χ0) is 15.9. The van der Waals surface area contributed by atoms with E-state index in [2.05, 4.69) is 41.1 Å². The Balaban J connectivity index is 1.73. The molecule has 0 radical (unpaired) electrons. The van der Waals surface area contributed by atoms with Crippen LogP contribution in [-0.2, 0) is 6.54 Å². The van der Waals surface area contributed by atoms with E-state index in [1.165, 1.54) is 5.56 Å². The Labute approximate surface area is 137 Å². The first-order chi connectivity index (χ1) is 10.5. The van der Waals surface area contributed by atoms with Crippen LogP contribution in [0.3, 0.4) is 0 Å². The van der Waals surface area contributed by atoms with Gasteiger partial charge in [0.1, 0.15) is 0 Å². The van der Waals surface area contributed by atoms with Crippen molar-refractivity contribution >= 4 is 17.6 Å². The second kappa shape index (κ2) is 8.20. The SMILES string of the molecule is C=C(Cl)CNC(=O)N(C)C[C@@H]1CCN(Cc2ccccc2)C1. The molecule has 1 heterocycles. The van der Waals surface area contributed by atoms with Gasteiger partial charge in [-0.2, -0.15) is 0 Å². The topological polar surface area (TPSA) is 35.6 Å². The molecule has 2 amide bonds. The molecular weight excluding hydrogens is 298 g/mol. The van der Waals surface area contributed by atoms with Gasteiger partial charge in [0.25, 0.3) is 0 Å². The molecule has 0 aromatic heterocycles. The third-order valence-electron chi connectivity index (χ3n) is 3.93. The van der Waals surface area contributed by atoms with Crippen LogP contribution in [0.2, 0.25) is 0 Å². The van der Waals surface area contributed by atoms with Crippen LogP contribution in [0, 0.1) is 5.92 Å². The minimum Gasteiger partial charge on any atom is -0.333 e. The third kappa shape index (κ3) is 5.35. The Morgan fingerprint density at radius 3 is 2.86 bits per heavy atom. The van der Waals surface area contributed by atoms with E-state index in [0.29, 0.717) is 17.5 Å². The Morgan fingerprint density at radius 2 is 2.18 bits per heavy atom. The van der Waals surface area contributed by atoms with Gasteiger partial charge in [-0.1, -0.05) is 48.5 Å². The van der Waals surface area contributed by atoms with Crippen LogP contribution in [-0.4, -0.2) is 49.1 Å². The lowest BCUT2D eigenvalue weighted by Gasteiger charge is -2.22. The van der Waals surface area contributed by atoms with Crippen molar-refractivity contribution in [3.63, 3.8) is 0 Å². The van der Waals surface area contributed by atoms with E-state index >= 15 is 0 Å². The summed E-state index contributed by atoms with van der Waals surface area (Å²) in [7, 11) is 1.83. The highest BCUT2D eigenvalue weighted by Crippen LogP contribution is 2.19. The second-order valence-corrected chi connectivity index (χ2v) is 6.47. The molecule has 1 N–H and O–H groups in total. The maximum Gasteiger partial charge on any atom is 0.317 e. The number of likely N-dealkylation sites (tertiary alicyclic amines) is 1. The molecule has 0 unspecified atom stereocenters. The van der Waals surface area contributed by atoms with Crippen LogP contribution in [0.15, 0.2) is 41.9 Å². The quantitative estimate of drug-likeness (QED) is 0.874. The molecule has 0 aliphatic carbocycles. The maximum atomic E-state index is 11.9. The second-order valence-electron chi connectivity index (χ2n) is 5.93. The maximum absolute atomic E-state index is 11.9. The van der Waals surface area contributed by atoms with Crippen molar-refractivity contribution in [2.24, 2.45) is 5.92 Å². The largest absolute Gasteiger partial charge is 0.333 e. The molecule has 2 rings (SSSR count). The number of amides is 2. The third-order valence-corrected chi connectivity index (χ3v) is 4.06. The monoisotopic (exact) mass is 321 g/mol. The summed E-state index contributed by atoms with van der Waals surface area (Å²) in [4.78, 5) is 16.1. The molecule has 22 heavy (non-hydrogen) atoms. The van der Waals surface area contributed by atoms with Gasteiger partial charge >= 0.3 is 6.03 Å². The molecular formula is C17H24ClN3O. The van der Waals surface area contributed by atoms with Gasteiger partial charge in [0.05, 0.1) is 6.54 Å². The lowest BCUT2D eigenvalue weighted by Crippen LogP contribution is -2.40. The number of carbonyl (C=O) groups excluding carboxylic acids is 1. The number of hydrogen-bond donors (Lipinski definition) is 1. The molecule has 120 valence electrons. The number of carbonyl (C=O) groups is 1. The fourth-order valence-electron chi connectivity index (χ4n) is 2.82. The normalized spacial score (nSPS) is 18.2. The highest BCUT2D eigenvalue weighted by Gasteiger charge is 2.24. The van der Waals surface area contributed by atoms with E-state index in [9.17, 15) is 4.79 Å². The molecule has 1 aromatic rings. The van der Waals surface area contributed by atoms with Crippen molar-refractivity contribution in [1.29, 1.82) is 0 Å². The first-order valence-corrected chi connectivity index (χ1v) is 8.01. The minimum absolute atomic E-state index is 0.0942. The number of rotatable bonds is 6. The number of nitrogens with zero attached hydrogens (tertiary/aromatic N) is 2. The van der Waals surface area contributed by atoms with Crippen molar-refractivity contribution in [3.05, 3.63) is 47.5 Å². The fourth-order valence-corrected chi connectivity index (χ4v) is 2.89. The van der Waals surface area contributed by atoms with E-state index in [1.807, 2.05) is 13.1 Å². The lowest BCUT2D eigenvalue weighted by molar-refractivity contribution is 0.200. The van der Waals surface area contributed by atoms with Crippen molar-refractivity contribution in [2.75, 3.05) is 33.2 Å². The molecule has 5 heteroatoms. The van der Waals surface area contributed by atoms with Crippen LogP contribution in [0.25, 0.3) is 0 Å². The molecule has 1 saturated heterocycles. The average Bonchev–Trinajstić information content (AvgIpc) is 2.92. The number of halogens is 1. The van der Waals surface area contributed by atoms with E-state index in [0.717, 1.165) is 32.6 Å². The van der Waals surface area contributed by atoms with Gasteiger partial charge in [-0.05, 0) is 24.4 Å². The zero-order valence-electron chi connectivity index (χ0n) is 13.1. The van der Waals surface area contributed by atoms with Crippen LogP contribution in [0.5, 0.6) is 0 Å². The van der Waals surface area contributed by atoms with Gasteiger partial charge in [0, 0.05) is 31.7 Å². The summed E-state index contributed by atoms with van der Waals surface area (Å²) in [6.07, 6.45) is 1.13. The molecule has 0 spiro atoms. The summed E-state index contributed by atoms with van der Waals surface area (Å²) >= 11 is 5.66. The summed E-state index contributed by atoms with van der Waals surface area (Å²) in [6, 6.07) is 10.4. The predicted molar refractivity (Wildman–Crippen MR) is 90.8 cm³/mol. The van der Waals surface area contributed by atoms with Gasteiger partial charge in [-0.3, -0.25) is 4.90 Å². The van der Waals surface area contributed by atoms with E-state index < -0.39 is 0 Å². The van der Waals surface area contributed by atoms with Crippen LogP contribution >= 0.6 is 11.6 Å². The summed E-state index contributed by atoms with van der Waals surface area (Å²) in [5.74, 6) is 0.527. The highest BCUT2D eigenvalue weighted by atomic mass is 35.5. The molecule has 1 fully saturated rings. The summed E-state index contributed by atoms with van der Waals surface area (Å²) in [5, 5.41) is 3.19. The van der Waals surface area contributed by atoms with Gasteiger partial charge in [-0.25, -0.2) is 4.79 Å². The average molecular weight is 322 g/mol. The number of nitrogens with one attached hydrogen (secondary N) is 1. The highest BCUT2D eigenvalue weighted by molar-refractivity contribution is 6.29. The van der Waals surface area contributed by atoms with E-state index in [4.69, 9.17) is 11.6 Å². The van der Waals surface area contributed by atoms with Crippen LogP contribution < -0.4 is 5.32 Å². The number of benzene rings is 1. The Kier molecular flexibility index (Phi) is 6.28. The van der Waals surface area contributed by atoms with Crippen molar-refractivity contribution < 1.29 is 4.79 Å². The Hall–Kier alpha value is -1.52. The van der Waals surface area contributed by atoms with Gasteiger partial charge in [0.15, 0.2) is 0 Å². The Morgan fingerprint density at radius 1 is 1.45 bits per heavy atom. The van der Waals surface area contributed by atoms with Gasteiger partial charge in [0.2, 0.25) is 0 Å². The van der Waals surface area contributed by atoms with Crippen molar-refractivity contribution in [2.45, 2.75) is 13.0 Å². The predicted octanol–water partition coefficient (Wildman–Crippen LogP) is 2.90. The van der Waals surface area contributed by atoms with Gasteiger partial charge in [-0.15, -0.1) is 0 Å². The van der Waals surface area contributed by atoms with Crippen molar-refractivity contribution in [3.8, 4) is 0 Å². The number of hydrogen-bond acceptors (Lipinski definition) is 2. The fraction of sp³-hybridized carbons (Fsp3) is 0.471. The van der Waals surface area contributed by atoms with E-state index in [-0.39, 0.29) is 6.03 Å². The Bertz CT molecular complexity index is 506. The molecule has 1 aliphatic heterocycles. The molecule has 0 saturated carbocycles. The van der Waals surface area contributed by atoms with Gasteiger partial charge < -0.3 is 10.2 Å². The van der Waals surface area contributed by atoms with Crippen LogP contribution in [0.4, 0.5) is 4.79 Å². The molecule has 0 bridgehead atoms. The smallest absolute Gasteiger partial charge is 0.317 e. The molecule has 1 aromatic carbocycles. The summed E-state index contributed by atoms with van der Waals surface area (Å²) in [5.41, 5.74) is 1.34. The lowest BCUT2D eigenvalue weighted by atomic mass is 10.1. The first kappa shape index (κ1) is 16.8. The van der Waals surface area contributed by atoms with E-state index in [1.54, 1.807) is 4.90 Å². The van der Waals surface area contributed by atoms with Crippen LogP contribution in [0.1, 0.15) is 12.0 Å². The summed E-state index contributed by atoms with van der Waals surface area (Å²) in [6.45, 7) is 7.76.